The summed E-state index contributed by atoms with van der Waals surface area (Å²) in [6, 6.07) is 19.4. The van der Waals surface area contributed by atoms with Gasteiger partial charge in [0.25, 0.3) is 5.91 Å². The van der Waals surface area contributed by atoms with Crippen LogP contribution in [0.3, 0.4) is 0 Å². The van der Waals surface area contributed by atoms with E-state index < -0.39 is 0 Å². The molecule has 1 aliphatic heterocycles. The van der Waals surface area contributed by atoms with Gasteiger partial charge in [-0.15, -0.1) is 11.3 Å². The Morgan fingerprint density at radius 2 is 1.83 bits per heavy atom. The Morgan fingerprint density at radius 1 is 1.00 bits per heavy atom. The van der Waals surface area contributed by atoms with Crippen molar-refractivity contribution in [1.82, 2.24) is 10.3 Å². The van der Waals surface area contributed by atoms with Crippen molar-refractivity contribution in [3.05, 3.63) is 71.6 Å². The molecule has 0 bridgehead atoms. The van der Waals surface area contributed by atoms with E-state index in [0.29, 0.717) is 22.2 Å². The molecule has 0 saturated heterocycles. The predicted molar refractivity (Wildman–Crippen MR) is 121 cm³/mol. The van der Waals surface area contributed by atoms with Crippen LogP contribution in [-0.4, -0.2) is 22.8 Å². The highest BCUT2D eigenvalue weighted by Gasteiger charge is 2.17. The SMILES string of the molecule is O=C(NC(=S)Nc1nc(-c2ccc3ccccc3c2)cs1)c1ccc2c(c1)OCO2. The van der Waals surface area contributed by atoms with E-state index in [0.717, 1.165) is 16.6 Å². The number of carbonyl (C=O) groups is 1. The maximum atomic E-state index is 12.4. The van der Waals surface area contributed by atoms with Crippen molar-refractivity contribution in [3.8, 4) is 22.8 Å². The molecular formula is C22H15N3O3S2. The summed E-state index contributed by atoms with van der Waals surface area (Å²) in [7, 11) is 0. The molecule has 6 nitrogen and oxygen atoms in total. The Balaban J connectivity index is 1.26. The summed E-state index contributed by atoms with van der Waals surface area (Å²) in [5.74, 6) is 0.829. The van der Waals surface area contributed by atoms with E-state index in [4.69, 9.17) is 21.7 Å². The number of hydrogen-bond donors (Lipinski definition) is 2. The van der Waals surface area contributed by atoms with Gasteiger partial charge in [0.15, 0.2) is 21.7 Å². The molecule has 0 aliphatic carbocycles. The molecule has 8 heteroatoms. The summed E-state index contributed by atoms with van der Waals surface area (Å²) < 4.78 is 10.6. The number of aromatic nitrogens is 1. The molecule has 2 N–H and O–H groups in total. The number of thiocarbonyl (C=S) groups is 1. The average molecular weight is 434 g/mol. The Kier molecular flexibility index (Phi) is 4.78. The molecule has 1 aliphatic rings. The largest absolute Gasteiger partial charge is 0.454 e. The van der Waals surface area contributed by atoms with Crippen molar-refractivity contribution in [2.24, 2.45) is 0 Å². The first-order valence-electron chi connectivity index (χ1n) is 9.12. The van der Waals surface area contributed by atoms with Crippen molar-refractivity contribution >= 4 is 50.5 Å². The van der Waals surface area contributed by atoms with E-state index in [1.54, 1.807) is 18.2 Å². The number of anilines is 1. The van der Waals surface area contributed by atoms with Crippen LogP contribution in [0.15, 0.2) is 66.0 Å². The van der Waals surface area contributed by atoms with Crippen LogP contribution >= 0.6 is 23.6 Å². The third-order valence-electron chi connectivity index (χ3n) is 4.63. The molecule has 1 aromatic heterocycles. The van der Waals surface area contributed by atoms with E-state index in [-0.39, 0.29) is 17.8 Å². The summed E-state index contributed by atoms with van der Waals surface area (Å²) in [4.78, 5) is 17.0. The number of amides is 1. The van der Waals surface area contributed by atoms with Gasteiger partial charge in [0.05, 0.1) is 5.69 Å². The van der Waals surface area contributed by atoms with Gasteiger partial charge in [-0.25, -0.2) is 4.98 Å². The second-order valence-electron chi connectivity index (χ2n) is 6.58. The summed E-state index contributed by atoms with van der Waals surface area (Å²) >= 11 is 6.69. The fourth-order valence-electron chi connectivity index (χ4n) is 3.15. The van der Waals surface area contributed by atoms with Gasteiger partial charge in [-0.3, -0.25) is 10.1 Å². The molecule has 0 fully saturated rings. The quantitative estimate of drug-likeness (QED) is 0.452. The van der Waals surface area contributed by atoms with Gasteiger partial charge in [0.1, 0.15) is 0 Å². The molecule has 0 atom stereocenters. The first-order valence-corrected chi connectivity index (χ1v) is 10.4. The van der Waals surface area contributed by atoms with Crippen molar-refractivity contribution < 1.29 is 14.3 Å². The van der Waals surface area contributed by atoms with Gasteiger partial charge in [0.2, 0.25) is 6.79 Å². The van der Waals surface area contributed by atoms with E-state index in [9.17, 15) is 4.79 Å². The van der Waals surface area contributed by atoms with Gasteiger partial charge in [0, 0.05) is 16.5 Å². The highest BCUT2D eigenvalue weighted by atomic mass is 32.1. The maximum absolute atomic E-state index is 12.4. The number of fused-ring (bicyclic) bond motifs is 2. The summed E-state index contributed by atoms with van der Waals surface area (Å²) in [6.45, 7) is 0.157. The first kappa shape index (κ1) is 18.5. The topological polar surface area (TPSA) is 72.5 Å². The third kappa shape index (κ3) is 3.70. The second kappa shape index (κ2) is 7.74. The molecule has 5 rings (SSSR count). The van der Waals surface area contributed by atoms with Crippen LogP contribution in [0, 0.1) is 0 Å². The highest BCUT2D eigenvalue weighted by Crippen LogP contribution is 2.32. The molecular weight excluding hydrogens is 418 g/mol. The summed E-state index contributed by atoms with van der Waals surface area (Å²) in [5.41, 5.74) is 2.30. The number of benzene rings is 3. The monoisotopic (exact) mass is 433 g/mol. The molecule has 1 amide bonds. The number of nitrogens with one attached hydrogen (secondary N) is 2. The molecule has 148 valence electrons. The van der Waals surface area contributed by atoms with Crippen molar-refractivity contribution in [1.29, 1.82) is 0 Å². The van der Waals surface area contributed by atoms with Gasteiger partial charge < -0.3 is 14.8 Å². The summed E-state index contributed by atoms with van der Waals surface area (Å²) in [5, 5.41) is 10.7. The lowest BCUT2D eigenvalue weighted by molar-refractivity contribution is 0.0977. The molecule has 0 spiro atoms. The highest BCUT2D eigenvalue weighted by molar-refractivity contribution is 7.80. The molecule has 4 aromatic rings. The standard InChI is InChI=1S/C22H15N3O3S2/c26-20(16-7-8-18-19(10-16)28-12-27-18)24-21(29)25-22-23-17(11-30-22)15-6-5-13-3-1-2-4-14(13)9-15/h1-11H,12H2,(H2,23,24,25,26,29). The fraction of sp³-hybridized carbons (Fsp3) is 0.0455. The lowest BCUT2D eigenvalue weighted by Crippen LogP contribution is -2.34. The smallest absolute Gasteiger partial charge is 0.257 e. The molecule has 30 heavy (non-hydrogen) atoms. The van der Waals surface area contributed by atoms with Crippen LogP contribution in [0.5, 0.6) is 11.5 Å². The normalized spacial score (nSPS) is 12.0. The lowest BCUT2D eigenvalue weighted by atomic mass is 10.1. The molecule has 2 heterocycles. The molecule has 0 saturated carbocycles. The Morgan fingerprint density at radius 3 is 2.73 bits per heavy atom. The third-order valence-corrected chi connectivity index (χ3v) is 5.59. The Hall–Kier alpha value is -3.49. The number of nitrogens with zero attached hydrogens (tertiary/aromatic N) is 1. The minimum absolute atomic E-state index is 0.157. The first-order chi connectivity index (χ1) is 14.7. The summed E-state index contributed by atoms with van der Waals surface area (Å²) in [6.07, 6.45) is 0. The maximum Gasteiger partial charge on any atom is 0.257 e. The van der Waals surface area contributed by atoms with E-state index >= 15 is 0 Å². The molecule has 0 radical (unpaired) electrons. The predicted octanol–water partition coefficient (Wildman–Crippen LogP) is 4.82. The second-order valence-corrected chi connectivity index (χ2v) is 7.84. The number of carbonyl (C=O) groups excluding carboxylic acids is 1. The van der Waals surface area contributed by atoms with Crippen LogP contribution in [0.25, 0.3) is 22.0 Å². The van der Waals surface area contributed by atoms with Crippen LogP contribution in [0.2, 0.25) is 0 Å². The van der Waals surface area contributed by atoms with Crippen LogP contribution in [0.1, 0.15) is 10.4 Å². The zero-order valence-electron chi connectivity index (χ0n) is 15.5. The van der Waals surface area contributed by atoms with Gasteiger partial charge in [-0.05, 0) is 47.3 Å². The van der Waals surface area contributed by atoms with Gasteiger partial charge >= 0.3 is 0 Å². The fourth-order valence-corrected chi connectivity index (χ4v) is 4.13. The van der Waals surface area contributed by atoms with Crippen LogP contribution in [0.4, 0.5) is 5.13 Å². The van der Waals surface area contributed by atoms with Crippen molar-refractivity contribution in [2.45, 2.75) is 0 Å². The van der Waals surface area contributed by atoms with E-state index in [2.05, 4.69) is 39.9 Å². The lowest BCUT2D eigenvalue weighted by Gasteiger charge is -2.07. The number of rotatable bonds is 3. The minimum atomic E-state index is -0.336. The molecule has 3 aromatic carbocycles. The average Bonchev–Trinajstić information content (AvgIpc) is 3.42. The van der Waals surface area contributed by atoms with Crippen molar-refractivity contribution in [3.63, 3.8) is 0 Å². The Bertz CT molecular complexity index is 1290. The zero-order valence-corrected chi connectivity index (χ0v) is 17.2. The zero-order chi connectivity index (χ0) is 20.5. The number of hydrogen-bond acceptors (Lipinski definition) is 6. The van der Waals surface area contributed by atoms with E-state index in [1.165, 1.54) is 16.7 Å². The Labute approximate surface area is 181 Å². The van der Waals surface area contributed by atoms with Gasteiger partial charge in [-0.2, -0.15) is 0 Å². The number of ether oxygens (including phenoxy) is 2. The van der Waals surface area contributed by atoms with E-state index in [1.807, 2.05) is 23.6 Å². The number of thiazole rings is 1. The minimum Gasteiger partial charge on any atom is -0.454 e. The molecule has 0 unspecified atom stereocenters. The van der Waals surface area contributed by atoms with Crippen molar-refractivity contribution in [2.75, 3.05) is 12.1 Å². The van der Waals surface area contributed by atoms with Gasteiger partial charge in [-0.1, -0.05) is 36.4 Å². The van der Waals surface area contributed by atoms with Crippen LogP contribution in [-0.2, 0) is 0 Å². The van der Waals surface area contributed by atoms with Crippen LogP contribution < -0.4 is 20.1 Å².